The van der Waals surface area contributed by atoms with Crippen molar-refractivity contribution in [3.8, 4) is 5.75 Å². The second-order valence-corrected chi connectivity index (χ2v) is 6.88. The molecule has 0 amide bonds. The van der Waals surface area contributed by atoms with E-state index in [9.17, 15) is 5.11 Å². The predicted molar refractivity (Wildman–Crippen MR) is 99.2 cm³/mol. The normalized spacial score (nSPS) is 16.8. The Balaban J connectivity index is 1.59. The Bertz CT molecular complexity index is 645. The maximum atomic E-state index is 10.5. The van der Waals surface area contributed by atoms with E-state index >= 15 is 0 Å². The Morgan fingerprint density at radius 3 is 2.58 bits per heavy atom. The number of benzene rings is 2. The summed E-state index contributed by atoms with van der Waals surface area (Å²) in [6.07, 6.45) is -0.484. The monoisotopic (exact) mass is 390 g/mol. The van der Waals surface area contributed by atoms with Crippen molar-refractivity contribution < 1.29 is 9.84 Å². The van der Waals surface area contributed by atoms with E-state index in [4.69, 9.17) is 4.74 Å². The topological polar surface area (TPSA) is 44.7 Å². The van der Waals surface area contributed by atoms with Gasteiger partial charge in [-0.3, -0.25) is 4.90 Å². The molecule has 1 unspecified atom stereocenters. The molecule has 0 bridgehead atoms. The number of aliphatic hydroxyl groups excluding tert-OH is 1. The summed E-state index contributed by atoms with van der Waals surface area (Å²) in [5, 5.41) is 13.8. The average Bonchev–Trinajstić information content (AvgIpc) is 2.62. The highest BCUT2D eigenvalue weighted by Crippen LogP contribution is 2.29. The maximum absolute atomic E-state index is 10.5. The highest BCUT2D eigenvalue weighted by Gasteiger charge is 2.16. The SMILES string of the molecule is OC(CN1CCNCC1)c1ccc(OCc2ccccc2)c(Br)c1. The van der Waals surface area contributed by atoms with Crippen LogP contribution >= 0.6 is 15.9 Å². The van der Waals surface area contributed by atoms with Gasteiger partial charge < -0.3 is 15.2 Å². The fourth-order valence-corrected chi connectivity index (χ4v) is 3.33. The summed E-state index contributed by atoms with van der Waals surface area (Å²) >= 11 is 3.55. The van der Waals surface area contributed by atoms with Crippen molar-refractivity contribution in [2.24, 2.45) is 0 Å². The molecule has 0 spiro atoms. The minimum Gasteiger partial charge on any atom is -0.488 e. The number of hydrogen-bond donors (Lipinski definition) is 2. The van der Waals surface area contributed by atoms with Gasteiger partial charge in [-0.1, -0.05) is 36.4 Å². The fourth-order valence-electron chi connectivity index (χ4n) is 2.82. The number of β-amino-alcohol motifs (C(OH)–C–C–N with tert-alkyl or cyclic N) is 1. The molecule has 0 aliphatic carbocycles. The summed E-state index contributed by atoms with van der Waals surface area (Å²) in [7, 11) is 0. The molecule has 1 heterocycles. The molecule has 5 heteroatoms. The molecular weight excluding hydrogens is 368 g/mol. The average molecular weight is 391 g/mol. The van der Waals surface area contributed by atoms with Crippen molar-refractivity contribution in [2.75, 3.05) is 32.7 Å². The predicted octanol–water partition coefficient (Wildman–Crippen LogP) is 2.97. The van der Waals surface area contributed by atoms with Gasteiger partial charge in [0.1, 0.15) is 12.4 Å². The van der Waals surface area contributed by atoms with Crippen molar-refractivity contribution in [1.82, 2.24) is 10.2 Å². The first kappa shape index (κ1) is 17.4. The summed E-state index contributed by atoms with van der Waals surface area (Å²) in [6.45, 7) is 5.14. The van der Waals surface area contributed by atoms with E-state index in [1.165, 1.54) is 0 Å². The largest absolute Gasteiger partial charge is 0.488 e. The van der Waals surface area contributed by atoms with Crippen LogP contribution in [0, 0.1) is 0 Å². The molecule has 1 fully saturated rings. The third-order valence-corrected chi connectivity index (χ3v) is 4.84. The van der Waals surface area contributed by atoms with E-state index in [1.807, 2.05) is 48.5 Å². The molecule has 2 aromatic carbocycles. The molecule has 2 N–H and O–H groups in total. The lowest BCUT2D eigenvalue weighted by Gasteiger charge is -2.29. The zero-order valence-corrected chi connectivity index (χ0v) is 15.2. The molecule has 24 heavy (non-hydrogen) atoms. The molecule has 0 radical (unpaired) electrons. The number of piperazine rings is 1. The van der Waals surface area contributed by atoms with Crippen molar-refractivity contribution in [3.05, 3.63) is 64.1 Å². The number of hydrogen-bond acceptors (Lipinski definition) is 4. The molecule has 4 nitrogen and oxygen atoms in total. The molecule has 1 atom stereocenters. The number of halogens is 1. The van der Waals surface area contributed by atoms with Crippen LogP contribution in [0.15, 0.2) is 53.0 Å². The molecule has 1 saturated heterocycles. The van der Waals surface area contributed by atoms with E-state index in [-0.39, 0.29) is 0 Å². The molecule has 128 valence electrons. The van der Waals surface area contributed by atoms with Crippen LogP contribution in [0.5, 0.6) is 5.75 Å². The molecule has 0 aromatic heterocycles. The summed E-state index contributed by atoms with van der Waals surface area (Å²) < 4.78 is 6.73. The van der Waals surface area contributed by atoms with E-state index in [2.05, 4.69) is 26.1 Å². The van der Waals surface area contributed by atoms with Gasteiger partial charge in [0, 0.05) is 32.7 Å². The Morgan fingerprint density at radius 1 is 1.12 bits per heavy atom. The van der Waals surface area contributed by atoms with Crippen molar-refractivity contribution in [2.45, 2.75) is 12.7 Å². The molecule has 0 saturated carbocycles. The summed E-state index contributed by atoms with van der Waals surface area (Å²) in [5.74, 6) is 0.789. The van der Waals surface area contributed by atoms with Crippen molar-refractivity contribution in [3.63, 3.8) is 0 Å². The Morgan fingerprint density at radius 2 is 1.88 bits per heavy atom. The van der Waals surface area contributed by atoms with Crippen LogP contribution in [0.25, 0.3) is 0 Å². The number of aliphatic hydroxyl groups is 1. The maximum Gasteiger partial charge on any atom is 0.134 e. The minimum atomic E-state index is -0.484. The van der Waals surface area contributed by atoms with Crippen LogP contribution in [0.1, 0.15) is 17.2 Å². The lowest BCUT2D eigenvalue weighted by atomic mass is 10.1. The molecular formula is C19H23BrN2O2. The van der Waals surface area contributed by atoms with Crippen molar-refractivity contribution in [1.29, 1.82) is 0 Å². The molecule has 1 aliphatic rings. The number of nitrogens with zero attached hydrogens (tertiary/aromatic N) is 1. The summed E-state index contributed by atoms with van der Waals surface area (Å²) in [5.41, 5.74) is 2.04. The van der Waals surface area contributed by atoms with E-state index < -0.39 is 6.10 Å². The molecule has 3 rings (SSSR count). The van der Waals surface area contributed by atoms with Gasteiger partial charge in [0.15, 0.2) is 0 Å². The first-order valence-electron chi connectivity index (χ1n) is 8.29. The van der Waals surface area contributed by atoms with Gasteiger partial charge >= 0.3 is 0 Å². The highest BCUT2D eigenvalue weighted by atomic mass is 79.9. The minimum absolute atomic E-state index is 0.484. The van der Waals surface area contributed by atoms with Crippen LogP contribution in [0.3, 0.4) is 0 Å². The van der Waals surface area contributed by atoms with E-state index in [0.29, 0.717) is 13.2 Å². The van der Waals surface area contributed by atoms with E-state index in [1.54, 1.807) is 0 Å². The van der Waals surface area contributed by atoms with Gasteiger partial charge in [-0.15, -0.1) is 0 Å². The van der Waals surface area contributed by atoms with Crippen LogP contribution in [-0.4, -0.2) is 42.7 Å². The first-order chi connectivity index (χ1) is 11.7. The fraction of sp³-hybridized carbons (Fsp3) is 0.368. The summed E-state index contributed by atoms with van der Waals surface area (Å²) in [4.78, 5) is 2.29. The highest BCUT2D eigenvalue weighted by molar-refractivity contribution is 9.10. The van der Waals surface area contributed by atoms with Gasteiger partial charge in [-0.25, -0.2) is 0 Å². The second kappa shape index (κ2) is 8.62. The lowest BCUT2D eigenvalue weighted by molar-refractivity contribution is 0.105. The van der Waals surface area contributed by atoms with Crippen LogP contribution in [0.4, 0.5) is 0 Å². The molecule has 2 aromatic rings. The Kier molecular flexibility index (Phi) is 6.26. The summed E-state index contributed by atoms with van der Waals surface area (Å²) in [6, 6.07) is 15.9. The van der Waals surface area contributed by atoms with Gasteiger partial charge in [-0.2, -0.15) is 0 Å². The van der Waals surface area contributed by atoms with Crippen molar-refractivity contribution >= 4 is 15.9 Å². The van der Waals surface area contributed by atoms with Crippen LogP contribution in [-0.2, 0) is 6.61 Å². The van der Waals surface area contributed by atoms with E-state index in [0.717, 1.165) is 47.5 Å². The zero-order valence-electron chi connectivity index (χ0n) is 13.6. The zero-order chi connectivity index (χ0) is 16.8. The van der Waals surface area contributed by atoms with Gasteiger partial charge in [0.25, 0.3) is 0 Å². The molecule has 1 aliphatic heterocycles. The van der Waals surface area contributed by atoms with Gasteiger partial charge in [0.05, 0.1) is 10.6 Å². The number of ether oxygens (including phenoxy) is 1. The Hall–Kier alpha value is -1.40. The smallest absolute Gasteiger partial charge is 0.134 e. The quantitative estimate of drug-likeness (QED) is 0.795. The van der Waals surface area contributed by atoms with Gasteiger partial charge in [-0.05, 0) is 39.2 Å². The van der Waals surface area contributed by atoms with Crippen LogP contribution < -0.4 is 10.1 Å². The lowest BCUT2D eigenvalue weighted by Crippen LogP contribution is -2.44. The number of nitrogens with one attached hydrogen (secondary N) is 1. The first-order valence-corrected chi connectivity index (χ1v) is 9.09. The third-order valence-electron chi connectivity index (χ3n) is 4.22. The standard InChI is InChI=1S/C19H23BrN2O2/c20-17-12-16(18(23)13-22-10-8-21-9-11-22)6-7-19(17)24-14-15-4-2-1-3-5-15/h1-7,12,18,21,23H,8-11,13-14H2. The second-order valence-electron chi connectivity index (χ2n) is 6.03. The Labute approximate surface area is 151 Å². The number of rotatable bonds is 6. The van der Waals surface area contributed by atoms with Crippen LogP contribution in [0.2, 0.25) is 0 Å². The third kappa shape index (κ3) is 4.80. The van der Waals surface area contributed by atoms with Gasteiger partial charge in [0.2, 0.25) is 0 Å².